The molecular formula is C18H19N3. The van der Waals surface area contributed by atoms with E-state index in [4.69, 9.17) is 0 Å². The molecule has 0 saturated heterocycles. The molecule has 0 aliphatic heterocycles. The van der Waals surface area contributed by atoms with Crippen LogP contribution in [0.4, 0.5) is 5.69 Å². The first kappa shape index (κ1) is 13.4. The van der Waals surface area contributed by atoms with Crippen LogP contribution in [0.15, 0.2) is 60.9 Å². The molecule has 0 fully saturated rings. The lowest BCUT2D eigenvalue weighted by Crippen LogP contribution is -2.01. The van der Waals surface area contributed by atoms with E-state index in [1.807, 2.05) is 29.1 Å². The average Bonchev–Trinajstić information content (AvgIpc) is 2.99. The van der Waals surface area contributed by atoms with Crippen molar-refractivity contribution in [3.63, 3.8) is 0 Å². The first-order valence-corrected chi connectivity index (χ1v) is 7.13. The number of nitrogens with one attached hydrogen (secondary N) is 1. The molecule has 1 N–H and O–H groups in total. The van der Waals surface area contributed by atoms with Crippen molar-refractivity contribution in [3.8, 4) is 5.69 Å². The molecule has 0 spiro atoms. The highest BCUT2D eigenvalue weighted by atomic mass is 15.3. The van der Waals surface area contributed by atoms with Crippen LogP contribution in [-0.4, -0.2) is 9.78 Å². The Balaban J connectivity index is 1.72. The Bertz CT molecular complexity index is 729. The van der Waals surface area contributed by atoms with Crippen molar-refractivity contribution in [2.24, 2.45) is 0 Å². The maximum absolute atomic E-state index is 4.42. The molecule has 0 bridgehead atoms. The normalized spacial score (nSPS) is 10.6. The van der Waals surface area contributed by atoms with Gasteiger partial charge in [0.1, 0.15) is 0 Å². The number of aryl methyl sites for hydroxylation is 1. The number of hydrogen-bond donors (Lipinski definition) is 1. The Morgan fingerprint density at radius 3 is 2.62 bits per heavy atom. The minimum Gasteiger partial charge on any atom is -0.381 e. The lowest BCUT2D eigenvalue weighted by Gasteiger charge is -2.10. The van der Waals surface area contributed by atoms with Crippen LogP contribution in [0.25, 0.3) is 5.69 Å². The van der Waals surface area contributed by atoms with Crippen LogP contribution < -0.4 is 5.32 Å². The molecule has 0 saturated carbocycles. The van der Waals surface area contributed by atoms with Gasteiger partial charge in [-0.2, -0.15) is 5.10 Å². The minimum absolute atomic E-state index is 0.775. The van der Waals surface area contributed by atoms with Crippen LogP contribution in [0, 0.1) is 13.8 Å². The molecular weight excluding hydrogens is 258 g/mol. The van der Waals surface area contributed by atoms with Crippen molar-refractivity contribution < 1.29 is 0 Å². The lowest BCUT2D eigenvalue weighted by molar-refractivity contribution is 0.880. The van der Waals surface area contributed by atoms with E-state index in [0.29, 0.717) is 0 Å². The molecule has 0 unspecified atom stereocenters. The highest BCUT2D eigenvalue weighted by molar-refractivity contribution is 5.53. The van der Waals surface area contributed by atoms with E-state index < -0.39 is 0 Å². The Morgan fingerprint density at radius 1 is 1.00 bits per heavy atom. The molecule has 3 heteroatoms. The SMILES string of the molecule is Cc1cccc(NCc2cnn(-c3ccccc3)c2)c1C. The van der Waals surface area contributed by atoms with Crippen LogP contribution in [0.5, 0.6) is 0 Å². The maximum Gasteiger partial charge on any atom is 0.0645 e. The standard InChI is InChI=1S/C18H19N3/c1-14-7-6-10-18(15(14)2)19-11-16-12-20-21(13-16)17-8-4-3-5-9-17/h3-10,12-13,19H,11H2,1-2H3. The Kier molecular flexibility index (Phi) is 3.73. The highest BCUT2D eigenvalue weighted by Crippen LogP contribution is 2.19. The van der Waals surface area contributed by atoms with Gasteiger partial charge in [0.05, 0.1) is 11.9 Å². The Hall–Kier alpha value is -2.55. The van der Waals surface area contributed by atoms with Crippen LogP contribution in [0.1, 0.15) is 16.7 Å². The molecule has 0 amide bonds. The van der Waals surface area contributed by atoms with Gasteiger partial charge in [-0.15, -0.1) is 0 Å². The van der Waals surface area contributed by atoms with Gasteiger partial charge in [0, 0.05) is 24.0 Å². The van der Waals surface area contributed by atoms with Crippen LogP contribution in [-0.2, 0) is 6.54 Å². The number of hydrogen-bond acceptors (Lipinski definition) is 2. The second-order valence-electron chi connectivity index (χ2n) is 5.23. The van der Waals surface area contributed by atoms with Crippen molar-refractivity contribution in [2.75, 3.05) is 5.32 Å². The molecule has 21 heavy (non-hydrogen) atoms. The van der Waals surface area contributed by atoms with Gasteiger partial charge in [-0.05, 0) is 43.2 Å². The minimum atomic E-state index is 0.775. The van der Waals surface area contributed by atoms with E-state index in [1.54, 1.807) is 0 Å². The van der Waals surface area contributed by atoms with Crippen molar-refractivity contribution in [1.82, 2.24) is 9.78 Å². The second-order valence-corrected chi connectivity index (χ2v) is 5.23. The summed E-state index contributed by atoms with van der Waals surface area (Å²) in [6.07, 6.45) is 3.97. The van der Waals surface area contributed by atoms with Crippen LogP contribution >= 0.6 is 0 Å². The van der Waals surface area contributed by atoms with Gasteiger partial charge in [0.15, 0.2) is 0 Å². The Labute approximate surface area is 125 Å². The summed E-state index contributed by atoms with van der Waals surface area (Å²) in [7, 11) is 0. The summed E-state index contributed by atoms with van der Waals surface area (Å²) in [6, 6.07) is 16.5. The van der Waals surface area contributed by atoms with E-state index in [0.717, 1.165) is 12.2 Å². The third-order valence-corrected chi connectivity index (χ3v) is 3.74. The fraction of sp³-hybridized carbons (Fsp3) is 0.167. The van der Waals surface area contributed by atoms with E-state index >= 15 is 0 Å². The topological polar surface area (TPSA) is 29.9 Å². The quantitative estimate of drug-likeness (QED) is 0.778. The smallest absolute Gasteiger partial charge is 0.0645 e. The summed E-state index contributed by atoms with van der Waals surface area (Å²) in [5.41, 5.74) is 6.03. The second kappa shape index (κ2) is 5.83. The molecule has 0 aliphatic carbocycles. The van der Waals surface area contributed by atoms with Gasteiger partial charge in [-0.3, -0.25) is 0 Å². The van der Waals surface area contributed by atoms with E-state index in [9.17, 15) is 0 Å². The zero-order valence-corrected chi connectivity index (χ0v) is 12.4. The zero-order chi connectivity index (χ0) is 14.7. The van der Waals surface area contributed by atoms with Gasteiger partial charge in [0.2, 0.25) is 0 Å². The number of para-hydroxylation sites is 1. The molecule has 0 radical (unpaired) electrons. The monoisotopic (exact) mass is 277 g/mol. The van der Waals surface area contributed by atoms with Crippen LogP contribution in [0.2, 0.25) is 0 Å². The van der Waals surface area contributed by atoms with Gasteiger partial charge in [-0.25, -0.2) is 4.68 Å². The van der Waals surface area contributed by atoms with Gasteiger partial charge >= 0.3 is 0 Å². The molecule has 3 nitrogen and oxygen atoms in total. The number of anilines is 1. The highest BCUT2D eigenvalue weighted by Gasteiger charge is 2.03. The summed E-state index contributed by atoms with van der Waals surface area (Å²) in [6.45, 7) is 5.05. The average molecular weight is 277 g/mol. The largest absolute Gasteiger partial charge is 0.381 e. The van der Waals surface area contributed by atoms with E-state index in [-0.39, 0.29) is 0 Å². The number of nitrogens with zero attached hydrogens (tertiary/aromatic N) is 2. The number of benzene rings is 2. The van der Waals surface area contributed by atoms with Crippen LogP contribution in [0.3, 0.4) is 0 Å². The van der Waals surface area contributed by atoms with Crippen molar-refractivity contribution in [2.45, 2.75) is 20.4 Å². The molecule has 1 heterocycles. The predicted octanol–water partition coefficient (Wildman–Crippen LogP) is 4.10. The fourth-order valence-corrected chi connectivity index (χ4v) is 2.31. The van der Waals surface area contributed by atoms with E-state index in [1.165, 1.54) is 22.4 Å². The Morgan fingerprint density at radius 2 is 1.81 bits per heavy atom. The molecule has 3 rings (SSSR count). The maximum atomic E-state index is 4.42. The zero-order valence-electron chi connectivity index (χ0n) is 12.4. The van der Waals surface area contributed by atoms with Crippen molar-refractivity contribution >= 4 is 5.69 Å². The molecule has 0 aliphatic rings. The van der Waals surface area contributed by atoms with Crippen molar-refractivity contribution in [3.05, 3.63) is 77.6 Å². The molecule has 2 aromatic carbocycles. The molecule has 3 aromatic rings. The van der Waals surface area contributed by atoms with E-state index in [2.05, 4.69) is 60.8 Å². The molecule has 0 atom stereocenters. The van der Waals surface area contributed by atoms with Gasteiger partial charge < -0.3 is 5.32 Å². The summed E-state index contributed by atoms with van der Waals surface area (Å²) in [5.74, 6) is 0. The lowest BCUT2D eigenvalue weighted by atomic mass is 10.1. The fourth-order valence-electron chi connectivity index (χ4n) is 2.31. The first-order valence-electron chi connectivity index (χ1n) is 7.13. The number of rotatable bonds is 4. The number of aromatic nitrogens is 2. The molecule has 106 valence electrons. The summed E-state index contributed by atoms with van der Waals surface area (Å²) in [5, 5.41) is 7.90. The van der Waals surface area contributed by atoms with Crippen molar-refractivity contribution in [1.29, 1.82) is 0 Å². The predicted molar refractivity (Wildman–Crippen MR) is 86.8 cm³/mol. The summed E-state index contributed by atoms with van der Waals surface area (Å²) >= 11 is 0. The van der Waals surface area contributed by atoms with Gasteiger partial charge in [-0.1, -0.05) is 30.3 Å². The third kappa shape index (κ3) is 2.97. The first-order chi connectivity index (χ1) is 10.2. The molecule has 1 aromatic heterocycles. The van der Waals surface area contributed by atoms with Gasteiger partial charge in [0.25, 0.3) is 0 Å². The summed E-state index contributed by atoms with van der Waals surface area (Å²) in [4.78, 5) is 0. The summed E-state index contributed by atoms with van der Waals surface area (Å²) < 4.78 is 1.90. The third-order valence-electron chi connectivity index (χ3n) is 3.74.